The van der Waals surface area contributed by atoms with Gasteiger partial charge in [-0.1, -0.05) is 13.8 Å². The first-order valence-corrected chi connectivity index (χ1v) is 9.15. The first-order valence-electron chi connectivity index (χ1n) is 9.15. The largest absolute Gasteiger partial charge is 0.463 e. The molecule has 0 aromatic rings. The first-order chi connectivity index (χ1) is 12.4. The molecule has 0 spiro atoms. The molecule has 1 aliphatic carbocycles. The zero-order valence-corrected chi connectivity index (χ0v) is 16.0. The van der Waals surface area contributed by atoms with Gasteiger partial charge in [0, 0.05) is 18.9 Å². The van der Waals surface area contributed by atoms with Crippen molar-refractivity contribution in [1.29, 1.82) is 0 Å². The summed E-state index contributed by atoms with van der Waals surface area (Å²) in [5, 5.41) is 5.62. The number of carbonyl (C=O) groups is 3. The number of esters is 1. The lowest BCUT2D eigenvalue weighted by atomic mass is 9.87. The number of nitrogens with two attached hydrogens (primary N) is 1. The summed E-state index contributed by atoms with van der Waals surface area (Å²) in [6.45, 7) is 7.22. The highest BCUT2D eigenvalue weighted by Crippen LogP contribution is 2.25. The molecule has 3 atom stereocenters. The van der Waals surface area contributed by atoms with Crippen LogP contribution in [0, 0.1) is 0 Å². The van der Waals surface area contributed by atoms with Crippen LogP contribution in [0.2, 0.25) is 0 Å². The van der Waals surface area contributed by atoms with E-state index in [9.17, 15) is 14.4 Å². The lowest BCUT2D eigenvalue weighted by molar-refractivity contribution is -0.139. The summed E-state index contributed by atoms with van der Waals surface area (Å²) in [5.74, 6) is -1.05. The van der Waals surface area contributed by atoms with Crippen LogP contribution < -0.4 is 16.4 Å². The minimum absolute atomic E-state index is 0.0279. The van der Waals surface area contributed by atoms with Crippen LogP contribution in [0.25, 0.3) is 0 Å². The van der Waals surface area contributed by atoms with Crippen molar-refractivity contribution in [2.45, 2.75) is 71.2 Å². The van der Waals surface area contributed by atoms with Gasteiger partial charge in [-0.25, -0.2) is 4.79 Å². The van der Waals surface area contributed by atoms with Gasteiger partial charge in [0.1, 0.15) is 0 Å². The van der Waals surface area contributed by atoms with Crippen LogP contribution in [0.1, 0.15) is 47.0 Å². The highest BCUT2D eigenvalue weighted by molar-refractivity contribution is 5.89. The zero-order valence-electron chi connectivity index (χ0n) is 16.0. The summed E-state index contributed by atoms with van der Waals surface area (Å²) in [6.07, 6.45) is 2.94. The SMILES string of the molecule is CCOC(=O)C1=C[C@@H](OC(CC)CC)[C@H](NC(C)=O)[C@@H](NC(=O)CN)C1. The highest BCUT2D eigenvalue weighted by atomic mass is 16.5. The number of amides is 2. The van der Waals surface area contributed by atoms with E-state index in [1.165, 1.54) is 6.92 Å². The van der Waals surface area contributed by atoms with Crippen LogP contribution in [0.5, 0.6) is 0 Å². The molecule has 0 saturated carbocycles. The number of ether oxygens (including phenoxy) is 2. The molecule has 8 heteroatoms. The Labute approximate surface area is 154 Å². The van der Waals surface area contributed by atoms with E-state index in [4.69, 9.17) is 15.2 Å². The van der Waals surface area contributed by atoms with Crippen molar-refractivity contribution in [1.82, 2.24) is 10.6 Å². The standard InChI is InChI=1S/C18H31N3O5/c1-5-13(6-2)26-15-9-12(18(24)25-7-3)8-14(21-16(23)10-19)17(15)20-11(4)22/h9,13-15,17H,5-8,10,19H2,1-4H3,(H,20,22)(H,21,23)/t14-,15+,17+/m0/s1. The average Bonchev–Trinajstić information content (AvgIpc) is 2.61. The molecular formula is C18H31N3O5. The van der Waals surface area contributed by atoms with Gasteiger partial charge in [-0.2, -0.15) is 0 Å². The molecule has 0 fully saturated rings. The third kappa shape index (κ3) is 6.42. The van der Waals surface area contributed by atoms with Crippen LogP contribution in [0.4, 0.5) is 0 Å². The van der Waals surface area contributed by atoms with Crippen molar-refractivity contribution in [3.8, 4) is 0 Å². The van der Waals surface area contributed by atoms with Crippen LogP contribution in [-0.2, 0) is 23.9 Å². The van der Waals surface area contributed by atoms with Crippen LogP contribution in [-0.4, -0.2) is 55.2 Å². The second-order valence-electron chi connectivity index (χ2n) is 6.26. The summed E-state index contributed by atoms with van der Waals surface area (Å²) < 4.78 is 11.2. The van der Waals surface area contributed by atoms with Gasteiger partial charge in [0.15, 0.2) is 0 Å². The Morgan fingerprint density at radius 3 is 2.38 bits per heavy atom. The number of hydrogen-bond donors (Lipinski definition) is 3. The molecule has 2 amide bonds. The molecule has 26 heavy (non-hydrogen) atoms. The minimum Gasteiger partial charge on any atom is -0.463 e. The van der Waals surface area contributed by atoms with Gasteiger partial charge < -0.3 is 25.8 Å². The molecule has 1 aliphatic rings. The molecule has 4 N–H and O–H groups in total. The summed E-state index contributed by atoms with van der Waals surface area (Å²) in [7, 11) is 0. The molecule has 0 unspecified atom stereocenters. The van der Waals surface area contributed by atoms with Crippen molar-refractivity contribution >= 4 is 17.8 Å². The average molecular weight is 369 g/mol. The third-order valence-electron chi connectivity index (χ3n) is 4.29. The smallest absolute Gasteiger partial charge is 0.333 e. The second-order valence-corrected chi connectivity index (χ2v) is 6.26. The molecule has 0 aromatic carbocycles. The zero-order chi connectivity index (χ0) is 19.7. The second kappa shape index (κ2) is 10.9. The molecule has 0 heterocycles. The molecule has 148 valence electrons. The Balaban J connectivity index is 3.18. The van der Waals surface area contributed by atoms with E-state index >= 15 is 0 Å². The van der Waals surface area contributed by atoms with Gasteiger partial charge in [-0.3, -0.25) is 9.59 Å². The number of rotatable bonds is 9. The number of hydrogen-bond acceptors (Lipinski definition) is 6. The fourth-order valence-electron chi connectivity index (χ4n) is 2.99. The minimum atomic E-state index is -0.556. The van der Waals surface area contributed by atoms with Crippen molar-refractivity contribution in [3.63, 3.8) is 0 Å². The van der Waals surface area contributed by atoms with Gasteiger partial charge in [0.05, 0.1) is 37.4 Å². The Kier molecular flexibility index (Phi) is 9.29. The lowest BCUT2D eigenvalue weighted by Crippen LogP contribution is -2.60. The predicted octanol–water partition coefficient (Wildman–Crippen LogP) is 0.402. The van der Waals surface area contributed by atoms with Gasteiger partial charge in [0.2, 0.25) is 11.8 Å². The van der Waals surface area contributed by atoms with E-state index in [0.29, 0.717) is 5.57 Å². The molecule has 0 bridgehead atoms. The number of carbonyl (C=O) groups excluding carboxylic acids is 3. The van der Waals surface area contributed by atoms with E-state index in [0.717, 1.165) is 12.8 Å². The topological polar surface area (TPSA) is 120 Å². The maximum Gasteiger partial charge on any atom is 0.333 e. The fourth-order valence-corrected chi connectivity index (χ4v) is 2.99. The molecule has 8 nitrogen and oxygen atoms in total. The van der Waals surface area contributed by atoms with E-state index < -0.39 is 24.2 Å². The van der Waals surface area contributed by atoms with Crippen molar-refractivity contribution in [2.24, 2.45) is 5.73 Å². The van der Waals surface area contributed by atoms with E-state index in [1.807, 2.05) is 13.8 Å². The Morgan fingerprint density at radius 2 is 1.88 bits per heavy atom. The van der Waals surface area contributed by atoms with Crippen LogP contribution in [0.15, 0.2) is 11.6 Å². The normalized spacial score (nSPS) is 22.5. The van der Waals surface area contributed by atoms with E-state index in [-0.39, 0.29) is 37.5 Å². The van der Waals surface area contributed by atoms with E-state index in [1.54, 1.807) is 13.0 Å². The van der Waals surface area contributed by atoms with Gasteiger partial charge >= 0.3 is 5.97 Å². The molecule has 0 aromatic heterocycles. The van der Waals surface area contributed by atoms with Gasteiger partial charge in [0.25, 0.3) is 0 Å². The van der Waals surface area contributed by atoms with E-state index in [2.05, 4.69) is 10.6 Å². The third-order valence-corrected chi connectivity index (χ3v) is 4.29. The maximum atomic E-state index is 12.2. The van der Waals surface area contributed by atoms with Gasteiger partial charge in [-0.15, -0.1) is 0 Å². The predicted molar refractivity (Wildman–Crippen MR) is 97.2 cm³/mol. The number of nitrogens with one attached hydrogen (secondary N) is 2. The Hall–Kier alpha value is -1.93. The Bertz CT molecular complexity index is 531. The molecule has 0 saturated heterocycles. The summed E-state index contributed by atoms with van der Waals surface area (Å²) >= 11 is 0. The van der Waals surface area contributed by atoms with Gasteiger partial charge in [-0.05, 0) is 25.8 Å². The highest BCUT2D eigenvalue weighted by Gasteiger charge is 2.38. The summed E-state index contributed by atoms with van der Waals surface area (Å²) in [5.41, 5.74) is 5.82. The molecular weight excluding hydrogens is 338 g/mol. The summed E-state index contributed by atoms with van der Waals surface area (Å²) in [4.78, 5) is 35.7. The van der Waals surface area contributed by atoms with Crippen molar-refractivity contribution < 1.29 is 23.9 Å². The molecule has 1 rings (SSSR count). The molecule has 0 aliphatic heterocycles. The quantitative estimate of drug-likeness (QED) is 0.506. The molecule has 0 radical (unpaired) electrons. The Morgan fingerprint density at radius 1 is 1.23 bits per heavy atom. The van der Waals surface area contributed by atoms with Crippen molar-refractivity contribution in [3.05, 3.63) is 11.6 Å². The van der Waals surface area contributed by atoms with Crippen LogP contribution in [0.3, 0.4) is 0 Å². The maximum absolute atomic E-state index is 12.2. The lowest BCUT2D eigenvalue weighted by Gasteiger charge is -2.38. The van der Waals surface area contributed by atoms with Crippen LogP contribution >= 0.6 is 0 Å². The summed E-state index contributed by atoms with van der Waals surface area (Å²) in [6, 6.07) is -1.01. The first kappa shape index (κ1) is 22.1. The fraction of sp³-hybridized carbons (Fsp3) is 0.722. The monoisotopic (exact) mass is 369 g/mol. The van der Waals surface area contributed by atoms with Crippen molar-refractivity contribution in [2.75, 3.05) is 13.2 Å².